The summed E-state index contributed by atoms with van der Waals surface area (Å²) < 4.78 is 5.89. The Morgan fingerprint density at radius 2 is 1.82 bits per heavy atom. The van der Waals surface area contributed by atoms with E-state index in [2.05, 4.69) is 44.1 Å². The lowest BCUT2D eigenvalue weighted by atomic mass is 9.85. The number of aryl methyl sites for hydroxylation is 1. The molecular formula is C27H27N3O2S. The molecule has 0 fully saturated rings. The van der Waals surface area contributed by atoms with E-state index in [9.17, 15) is 4.79 Å². The number of rotatable bonds is 6. The summed E-state index contributed by atoms with van der Waals surface area (Å²) in [5.74, 6) is 0.534. The van der Waals surface area contributed by atoms with E-state index < -0.39 is 0 Å². The number of carbonyl (C=O) groups is 1. The summed E-state index contributed by atoms with van der Waals surface area (Å²) in [6.07, 6.45) is 3.52. The lowest BCUT2D eigenvalue weighted by molar-refractivity contribution is -0.118. The van der Waals surface area contributed by atoms with Gasteiger partial charge in [0.2, 0.25) is 0 Å². The molecular weight excluding hydrogens is 430 g/mol. The van der Waals surface area contributed by atoms with Crippen LogP contribution in [0.2, 0.25) is 0 Å². The first-order valence-corrected chi connectivity index (χ1v) is 11.7. The second-order valence-corrected chi connectivity index (χ2v) is 9.80. The van der Waals surface area contributed by atoms with Crippen LogP contribution >= 0.6 is 11.3 Å². The minimum atomic E-state index is -0.205. The van der Waals surface area contributed by atoms with Crippen molar-refractivity contribution < 1.29 is 9.53 Å². The van der Waals surface area contributed by atoms with E-state index in [4.69, 9.17) is 9.72 Å². The fourth-order valence-electron chi connectivity index (χ4n) is 3.49. The van der Waals surface area contributed by atoms with Crippen molar-refractivity contribution in [3.05, 3.63) is 83.5 Å². The van der Waals surface area contributed by atoms with Gasteiger partial charge in [0.25, 0.3) is 5.91 Å². The van der Waals surface area contributed by atoms with E-state index in [0.717, 1.165) is 33.1 Å². The van der Waals surface area contributed by atoms with Crippen LogP contribution in [0, 0.1) is 6.92 Å². The van der Waals surface area contributed by atoms with Crippen LogP contribution < -0.4 is 10.1 Å². The monoisotopic (exact) mass is 457 g/mol. The van der Waals surface area contributed by atoms with Gasteiger partial charge in [-0.05, 0) is 48.2 Å². The number of anilines is 1. The third-order valence-corrected chi connectivity index (χ3v) is 6.07. The Balaban J connectivity index is 1.43. The first kappa shape index (κ1) is 22.7. The van der Waals surface area contributed by atoms with Crippen LogP contribution in [0.15, 0.2) is 72.4 Å². The highest BCUT2D eigenvalue weighted by Gasteiger charge is 2.20. The molecule has 0 aliphatic heterocycles. The first-order valence-electron chi connectivity index (χ1n) is 10.8. The Bertz CT molecular complexity index is 1260. The van der Waals surface area contributed by atoms with Gasteiger partial charge in [0.15, 0.2) is 6.61 Å². The average Bonchev–Trinajstić information content (AvgIpc) is 3.29. The predicted molar refractivity (Wildman–Crippen MR) is 135 cm³/mol. The molecule has 0 bridgehead atoms. The highest BCUT2D eigenvalue weighted by atomic mass is 32.1. The summed E-state index contributed by atoms with van der Waals surface area (Å²) in [5, 5.41) is 5.89. The fraction of sp³-hybridized carbons (Fsp3) is 0.222. The van der Waals surface area contributed by atoms with Crippen molar-refractivity contribution in [3.8, 4) is 27.6 Å². The zero-order valence-corrected chi connectivity index (χ0v) is 20.1. The lowest BCUT2D eigenvalue weighted by Crippen LogP contribution is -2.22. The molecule has 0 saturated carbocycles. The van der Waals surface area contributed by atoms with E-state index in [1.165, 1.54) is 5.56 Å². The van der Waals surface area contributed by atoms with Crippen LogP contribution in [0.4, 0.5) is 5.69 Å². The van der Waals surface area contributed by atoms with Gasteiger partial charge in [0.1, 0.15) is 10.8 Å². The quantitative estimate of drug-likeness (QED) is 0.359. The molecule has 2 aromatic heterocycles. The van der Waals surface area contributed by atoms with E-state index >= 15 is 0 Å². The van der Waals surface area contributed by atoms with E-state index in [-0.39, 0.29) is 17.9 Å². The standard InChI is InChI=1S/C27H27N3O2S/c1-18-8-9-24(22(14-18)27(2,3)4)32-16-25(31)29-21-7-5-6-20(15-21)23-17-33-26(30-23)19-10-12-28-13-11-19/h5-15,17H,16H2,1-4H3,(H,29,31). The normalized spacial score (nSPS) is 11.3. The number of ether oxygens (including phenoxy) is 1. The van der Waals surface area contributed by atoms with Gasteiger partial charge in [0.05, 0.1) is 5.69 Å². The Morgan fingerprint density at radius 1 is 1.03 bits per heavy atom. The number of pyridine rings is 1. The molecule has 2 heterocycles. The van der Waals surface area contributed by atoms with E-state index in [1.807, 2.05) is 53.9 Å². The molecule has 0 aliphatic carbocycles. The van der Waals surface area contributed by atoms with Crippen LogP contribution in [0.5, 0.6) is 5.75 Å². The molecule has 0 unspecified atom stereocenters. The molecule has 5 nitrogen and oxygen atoms in total. The summed E-state index contributed by atoms with van der Waals surface area (Å²) in [4.78, 5) is 21.4. The number of hydrogen-bond acceptors (Lipinski definition) is 5. The number of nitrogens with one attached hydrogen (secondary N) is 1. The number of aromatic nitrogens is 2. The SMILES string of the molecule is Cc1ccc(OCC(=O)Nc2cccc(-c3csc(-c4ccncc4)n3)c2)c(C(C)(C)C)c1. The van der Waals surface area contributed by atoms with Gasteiger partial charge >= 0.3 is 0 Å². The van der Waals surface area contributed by atoms with E-state index in [1.54, 1.807) is 23.7 Å². The van der Waals surface area contributed by atoms with Crippen molar-refractivity contribution in [2.24, 2.45) is 0 Å². The van der Waals surface area contributed by atoms with Crippen LogP contribution in [-0.4, -0.2) is 22.5 Å². The van der Waals surface area contributed by atoms with Gasteiger partial charge < -0.3 is 10.1 Å². The minimum absolute atomic E-state index is 0.0563. The Kier molecular flexibility index (Phi) is 6.56. The maximum Gasteiger partial charge on any atom is 0.262 e. The summed E-state index contributed by atoms with van der Waals surface area (Å²) in [6.45, 7) is 8.41. The molecule has 0 aliphatic rings. The third-order valence-electron chi connectivity index (χ3n) is 5.18. The van der Waals surface area contributed by atoms with Crippen molar-refractivity contribution in [3.63, 3.8) is 0 Å². The van der Waals surface area contributed by atoms with Gasteiger partial charge in [-0.25, -0.2) is 4.98 Å². The Hall–Kier alpha value is -3.51. The molecule has 2 aromatic carbocycles. The Labute approximate surface area is 198 Å². The van der Waals surface area contributed by atoms with Crippen molar-refractivity contribution in [2.45, 2.75) is 33.1 Å². The van der Waals surface area contributed by atoms with Gasteiger partial charge in [-0.2, -0.15) is 0 Å². The first-order chi connectivity index (χ1) is 15.8. The molecule has 4 rings (SSSR count). The maximum atomic E-state index is 12.6. The van der Waals surface area contributed by atoms with Crippen LogP contribution in [0.3, 0.4) is 0 Å². The third kappa shape index (κ3) is 5.65. The highest BCUT2D eigenvalue weighted by molar-refractivity contribution is 7.13. The molecule has 0 atom stereocenters. The van der Waals surface area contributed by atoms with Gasteiger partial charge in [-0.1, -0.05) is 50.6 Å². The molecule has 1 amide bonds. The summed E-state index contributed by atoms with van der Waals surface area (Å²) >= 11 is 1.58. The van der Waals surface area contributed by atoms with Crippen LogP contribution in [0.25, 0.3) is 21.8 Å². The molecule has 33 heavy (non-hydrogen) atoms. The maximum absolute atomic E-state index is 12.6. The zero-order chi connectivity index (χ0) is 23.4. The largest absolute Gasteiger partial charge is 0.483 e. The zero-order valence-electron chi connectivity index (χ0n) is 19.3. The number of hydrogen-bond donors (Lipinski definition) is 1. The van der Waals surface area contributed by atoms with Gasteiger partial charge in [0, 0.05) is 34.6 Å². The molecule has 6 heteroatoms. The number of thiazole rings is 1. The van der Waals surface area contributed by atoms with Crippen molar-refractivity contribution in [1.82, 2.24) is 9.97 Å². The Morgan fingerprint density at radius 3 is 2.58 bits per heavy atom. The molecule has 0 saturated heterocycles. The number of benzene rings is 2. The summed E-state index contributed by atoms with van der Waals surface area (Å²) in [7, 11) is 0. The van der Waals surface area contributed by atoms with Crippen molar-refractivity contribution >= 4 is 22.9 Å². The smallest absolute Gasteiger partial charge is 0.262 e. The van der Waals surface area contributed by atoms with Crippen LogP contribution in [-0.2, 0) is 10.2 Å². The van der Waals surface area contributed by atoms with Crippen LogP contribution in [0.1, 0.15) is 31.9 Å². The highest BCUT2D eigenvalue weighted by Crippen LogP contribution is 2.32. The minimum Gasteiger partial charge on any atom is -0.483 e. The molecule has 0 spiro atoms. The van der Waals surface area contributed by atoms with Gasteiger partial charge in [-0.15, -0.1) is 11.3 Å². The summed E-state index contributed by atoms with van der Waals surface area (Å²) in [6, 6.07) is 17.6. The molecule has 1 N–H and O–H groups in total. The molecule has 4 aromatic rings. The second kappa shape index (κ2) is 9.55. The fourth-order valence-corrected chi connectivity index (χ4v) is 4.32. The topological polar surface area (TPSA) is 64.1 Å². The summed E-state index contributed by atoms with van der Waals surface area (Å²) in [5.41, 5.74) is 5.74. The predicted octanol–water partition coefficient (Wildman–Crippen LogP) is 6.50. The van der Waals surface area contributed by atoms with Gasteiger partial charge in [-0.3, -0.25) is 9.78 Å². The van der Waals surface area contributed by atoms with Crippen molar-refractivity contribution in [1.29, 1.82) is 0 Å². The van der Waals surface area contributed by atoms with E-state index in [0.29, 0.717) is 5.69 Å². The lowest BCUT2D eigenvalue weighted by Gasteiger charge is -2.23. The molecule has 0 radical (unpaired) electrons. The average molecular weight is 458 g/mol. The number of amides is 1. The van der Waals surface area contributed by atoms with Crippen molar-refractivity contribution in [2.75, 3.05) is 11.9 Å². The number of nitrogens with zero attached hydrogens (tertiary/aromatic N) is 2. The number of carbonyl (C=O) groups excluding carboxylic acids is 1. The second-order valence-electron chi connectivity index (χ2n) is 8.94. The molecule has 168 valence electrons.